The number of aromatic amines is 1. The Balaban J connectivity index is 2.05. The van der Waals surface area contributed by atoms with E-state index in [2.05, 4.69) is 11.1 Å². The second-order valence-corrected chi connectivity index (χ2v) is 4.73. The number of para-hydroxylation sites is 2. The maximum absolute atomic E-state index is 5.96. The van der Waals surface area contributed by atoms with E-state index >= 15 is 0 Å². The van der Waals surface area contributed by atoms with Gasteiger partial charge in [-0.15, -0.1) is 0 Å². The summed E-state index contributed by atoms with van der Waals surface area (Å²) in [5, 5.41) is 2.19. The lowest BCUT2D eigenvalue weighted by Gasteiger charge is -1.99. The van der Waals surface area contributed by atoms with Crippen molar-refractivity contribution in [1.29, 1.82) is 0 Å². The molecule has 2 aromatic heterocycles. The van der Waals surface area contributed by atoms with Crippen LogP contribution in [0.5, 0.6) is 5.88 Å². The van der Waals surface area contributed by atoms with Crippen molar-refractivity contribution in [2.45, 2.75) is 0 Å². The highest BCUT2D eigenvalue weighted by Crippen LogP contribution is 2.39. The highest BCUT2D eigenvalue weighted by Gasteiger charge is 2.17. The summed E-state index contributed by atoms with van der Waals surface area (Å²) in [7, 11) is 1.66. The molecule has 2 heterocycles. The summed E-state index contributed by atoms with van der Waals surface area (Å²) >= 11 is 0. The third-order valence-corrected chi connectivity index (χ3v) is 3.55. The standard InChI is InChI=1S/C17H13NO2/c1-19-17-16(12-7-3-4-8-13(12)18-17)15-10-11-6-2-5-9-14(11)20-15/h2-10,18H,1H3. The molecule has 0 aliphatic rings. The van der Waals surface area contributed by atoms with Gasteiger partial charge >= 0.3 is 0 Å². The number of rotatable bonds is 2. The molecule has 3 nitrogen and oxygen atoms in total. The van der Waals surface area contributed by atoms with Gasteiger partial charge in [-0.2, -0.15) is 0 Å². The molecule has 0 aliphatic heterocycles. The van der Waals surface area contributed by atoms with Crippen LogP contribution >= 0.6 is 0 Å². The smallest absolute Gasteiger partial charge is 0.202 e. The molecule has 0 radical (unpaired) electrons. The van der Waals surface area contributed by atoms with Crippen LogP contribution in [0, 0.1) is 0 Å². The van der Waals surface area contributed by atoms with Crippen LogP contribution < -0.4 is 4.74 Å². The molecule has 2 aromatic carbocycles. The average molecular weight is 263 g/mol. The third-order valence-electron chi connectivity index (χ3n) is 3.55. The monoisotopic (exact) mass is 263 g/mol. The number of H-pyrrole nitrogens is 1. The number of fused-ring (bicyclic) bond motifs is 2. The summed E-state index contributed by atoms with van der Waals surface area (Å²) in [5.41, 5.74) is 2.90. The second kappa shape index (κ2) is 4.17. The van der Waals surface area contributed by atoms with Crippen LogP contribution in [0.2, 0.25) is 0 Å². The van der Waals surface area contributed by atoms with Crippen molar-refractivity contribution in [1.82, 2.24) is 4.98 Å². The fourth-order valence-corrected chi connectivity index (χ4v) is 2.62. The first-order valence-electron chi connectivity index (χ1n) is 6.50. The number of aromatic nitrogens is 1. The van der Waals surface area contributed by atoms with Crippen molar-refractivity contribution in [3.63, 3.8) is 0 Å². The van der Waals surface area contributed by atoms with Crippen LogP contribution in [-0.4, -0.2) is 12.1 Å². The Kier molecular flexibility index (Phi) is 2.33. The normalized spacial score (nSPS) is 11.2. The molecule has 0 unspecified atom stereocenters. The zero-order chi connectivity index (χ0) is 13.5. The highest BCUT2D eigenvalue weighted by molar-refractivity contribution is 5.99. The lowest BCUT2D eigenvalue weighted by molar-refractivity contribution is 0.402. The zero-order valence-electron chi connectivity index (χ0n) is 11.0. The minimum absolute atomic E-state index is 0.727. The summed E-state index contributed by atoms with van der Waals surface area (Å²) in [5.74, 6) is 1.55. The van der Waals surface area contributed by atoms with E-state index < -0.39 is 0 Å². The number of hydrogen-bond donors (Lipinski definition) is 1. The van der Waals surface area contributed by atoms with Gasteiger partial charge in [0.15, 0.2) is 0 Å². The molecule has 0 bridgehead atoms. The number of methoxy groups -OCH3 is 1. The molecule has 20 heavy (non-hydrogen) atoms. The van der Waals surface area contributed by atoms with Gasteiger partial charge in [0.1, 0.15) is 11.3 Å². The molecule has 0 saturated carbocycles. The third kappa shape index (κ3) is 1.53. The summed E-state index contributed by atoms with van der Waals surface area (Å²) in [6.45, 7) is 0. The predicted octanol–water partition coefficient (Wildman–Crippen LogP) is 4.59. The number of ether oxygens (including phenoxy) is 1. The van der Waals surface area contributed by atoms with Gasteiger partial charge in [-0.25, -0.2) is 0 Å². The predicted molar refractivity (Wildman–Crippen MR) is 80.1 cm³/mol. The van der Waals surface area contributed by atoms with Gasteiger partial charge in [0.2, 0.25) is 5.88 Å². The maximum Gasteiger partial charge on any atom is 0.202 e. The first kappa shape index (κ1) is 11.2. The molecule has 0 fully saturated rings. The fourth-order valence-electron chi connectivity index (χ4n) is 2.62. The van der Waals surface area contributed by atoms with Gasteiger partial charge < -0.3 is 14.1 Å². The van der Waals surface area contributed by atoms with E-state index in [9.17, 15) is 0 Å². The Labute approximate surface area is 115 Å². The van der Waals surface area contributed by atoms with Crippen LogP contribution in [0.1, 0.15) is 0 Å². The molecular weight excluding hydrogens is 250 g/mol. The molecule has 0 saturated heterocycles. The molecule has 0 atom stereocenters. The van der Waals surface area contributed by atoms with Gasteiger partial charge in [0, 0.05) is 16.3 Å². The number of hydrogen-bond acceptors (Lipinski definition) is 2. The molecule has 4 rings (SSSR count). The SMILES string of the molecule is COc1[nH]c2ccccc2c1-c1cc2ccccc2o1. The lowest BCUT2D eigenvalue weighted by Crippen LogP contribution is -1.84. The first-order valence-corrected chi connectivity index (χ1v) is 6.50. The van der Waals surface area contributed by atoms with Crippen molar-refractivity contribution in [2.24, 2.45) is 0 Å². The van der Waals surface area contributed by atoms with E-state index in [-0.39, 0.29) is 0 Å². The Morgan fingerprint density at radius 2 is 1.80 bits per heavy atom. The summed E-state index contributed by atoms with van der Waals surface area (Å²) in [4.78, 5) is 3.27. The van der Waals surface area contributed by atoms with E-state index in [1.54, 1.807) is 7.11 Å². The van der Waals surface area contributed by atoms with Gasteiger partial charge in [0.05, 0.1) is 12.7 Å². The molecule has 0 amide bonds. The van der Waals surface area contributed by atoms with Gasteiger partial charge in [0.25, 0.3) is 0 Å². The van der Waals surface area contributed by atoms with Crippen LogP contribution in [0.3, 0.4) is 0 Å². The molecular formula is C17H13NO2. The van der Waals surface area contributed by atoms with Crippen molar-refractivity contribution in [3.8, 4) is 17.2 Å². The van der Waals surface area contributed by atoms with Crippen molar-refractivity contribution in [2.75, 3.05) is 7.11 Å². The van der Waals surface area contributed by atoms with E-state index in [1.165, 1.54) is 0 Å². The van der Waals surface area contributed by atoms with E-state index in [4.69, 9.17) is 9.15 Å². The fraction of sp³-hybridized carbons (Fsp3) is 0.0588. The van der Waals surface area contributed by atoms with Crippen molar-refractivity contribution in [3.05, 3.63) is 54.6 Å². The van der Waals surface area contributed by atoms with Crippen LogP contribution in [-0.2, 0) is 0 Å². The maximum atomic E-state index is 5.96. The molecule has 0 aliphatic carbocycles. The Bertz CT molecular complexity index is 869. The Hall–Kier alpha value is -2.68. The van der Waals surface area contributed by atoms with Crippen molar-refractivity contribution >= 4 is 21.9 Å². The highest BCUT2D eigenvalue weighted by atomic mass is 16.5. The summed E-state index contributed by atoms with van der Waals surface area (Å²) in [6, 6.07) is 18.2. The number of nitrogens with one attached hydrogen (secondary N) is 1. The lowest BCUT2D eigenvalue weighted by atomic mass is 10.1. The minimum atomic E-state index is 0.727. The molecule has 1 N–H and O–H groups in total. The van der Waals surface area contributed by atoms with Crippen LogP contribution in [0.15, 0.2) is 59.0 Å². The van der Waals surface area contributed by atoms with Gasteiger partial charge in [-0.3, -0.25) is 0 Å². The Morgan fingerprint density at radius 3 is 2.65 bits per heavy atom. The van der Waals surface area contributed by atoms with Crippen molar-refractivity contribution < 1.29 is 9.15 Å². The van der Waals surface area contributed by atoms with Crippen LogP contribution in [0.4, 0.5) is 0 Å². The van der Waals surface area contributed by atoms with Gasteiger partial charge in [-0.05, 0) is 18.2 Å². The topological polar surface area (TPSA) is 38.2 Å². The van der Waals surface area contributed by atoms with E-state index in [1.807, 2.05) is 48.5 Å². The Morgan fingerprint density at radius 1 is 1.00 bits per heavy atom. The largest absolute Gasteiger partial charge is 0.482 e. The minimum Gasteiger partial charge on any atom is -0.482 e. The molecule has 4 aromatic rings. The molecule has 98 valence electrons. The quantitative estimate of drug-likeness (QED) is 0.574. The van der Waals surface area contributed by atoms with Crippen LogP contribution in [0.25, 0.3) is 33.2 Å². The molecule has 0 spiro atoms. The first-order chi connectivity index (χ1) is 9.86. The van der Waals surface area contributed by atoms with Gasteiger partial charge in [-0.1, -0.05) is 36.4 Å². The summed E-state index contributed by atoms with van der Waals surface area (Å²) < 4.78 is 11.4. The molecule has 3 heteroatoms. The van der Waals surface area contributed by atoms with E-state index in [0.29, 0.717) is 0 Å². The number of benzene rings is 2. The summed E-state index contributed by atoms with van der Waals surface area (Å²) in [6.07, 6.45) is 0. The number of furan rings is 1. The van der Waals surface area contributed by atoms with E-state index in [0.717, 1.165) is 39.1 Å². The zero-order valence-corrected chi connectivity index (χ0v) is 11.0. The second-order valence-electron chi connectivity index (χ2n) is 4.73. The average Bonchev–Trinajstić information content (AvgIpc) is 3.07.